The first-order valence-electron chi connectivity index (χ1n) is 7.57. The molecule has 2 bridgehead atoms. The van der Waals surface area contributed by atoms with Crippen LogP contribution in [0.1, 0.15) is 38.5 Å². The molecule has 19 heavy (non-hydrogen) atoms. The average molecular weight is 288 g/mol. The van der Waals surface area contributed by atoms with Crippen LogP contribution in [-0.4, -0.2) is 60.5 Å². The van der Waals surface area contributed by atoms with Gasteiger partial charge in [0.05, 0.1) is 6.54 Å². The van der Waals surface area contributed by atoms with E-state index in [2.05, 4.69) is 15.1 Å². The van der Waals surface area contributed by atoms with Crippen molar-refractivity contribution in [3.8, 4) is 0 Å². The Morgan fingerprint density at radius 1 is 1.00 bits per heavy atom. The predicted molar refractivity (Wildman–Crippen MR) is 78.7 cm³/mol. The van der Waals surface area contributed by atoms with Gasteiger partial charge in [-0.15, -0.1) is 12.4 Å². The Balaban J connectivity index is 0.00000133. The molecule has 1 amide bonds. The molecule has 5 heteroatoms. The summed E-state index contributed by atoms with van der Waals surface area (Å²) in [6, 6.07) is 1.34. The molecule has 1 N–H and O–H groups in total. The molecule has 3 fully saturated rings. The van der Waals surface area contributed by atoms with Crippen molar-refractivity contribution in [2.75, 3.05) is 32.7 Å². The number of amides is 1. The summed E-state index contributed by atoms with van der Waals surface area (Å²) in [4.78, 5) is 16.7. The van der Waals surface area contributed by atoms with E-state index in [0.29, 0.717) is 24.5 Å². The van der Waals surface area contributed by atoms with E-state index in [9.17, 15) is 4.79 Å². The maximum Gasteiger partial charge on any atom is 0.236 e. The number of nitrogens with one attached hydrogen (secondary N) is 1. The van der Waals surface area contributed by atoms with Crippen LogP contribution in [0.25, 0.3) is 0 Å². The molecule has 3 aliphatic heterocycles. The van der Waals surface area contributed by atoms with Crippen molar-refractivity contribution in [1.82, 2.24) is 15.1 Å². The Kier molecular flexibility index (Phi) is 5.48. The fourth-order valence-corrected chi connectivity index (χ4v) is 3.59. The van der Waals surface area contributed by atoms with Gasteiger partial charge in [-0.2, -0.15) is 0 Å². The van der Waals surface area contributed by atoms with E-state index in [0.717, 1.165) is 26.2 Å². The normalized spacial score (nSPS) is 31.7. The molecule has 0 aromatic carbocycles. The lowest BCUT2D eigenvalue weighted by Crippen LogP contribution is -2.45. The summed E-state index contributed by atoms with van der Waals surface area (Å²) in [7, 11) is 0. The molecule has 0 aromatic heterocycles. The van der Waals surface area contributed by atoms with Gasteiger partial charge in [0.1, 0.15) is 0 Å². The van der Waals surface area contributed by atoms with Crippen LogP contribution in [0.4, 0.5) is 0 Å². The van der Waals surface area contributed by atoms with Gasteiger partial charge in [-0.1, -0.05) is 0 Å². The average Bonchev–Trinajstić information content (AvgIpc) is 2.74. The molecule has 3 heterocycles. The predicted octanol–water partition coefficient (Wildman–Crippen LogP) is 1.25. The number of hydrogen-bond donors (Lipinski definition) is 1. The number of hydrogen-bond acceptors (Lipinski definition) is 3. The highest BCUT2D eigenvalue weighted by molar-refractivity contribution is 5.85. The molecule has 0 aliphatic carbocycles. The molecule has 4 nitrogen and oxygen atoms in total. The summed E-state index contributed by atoms with van der Waals surface area (Å²) in [6.45, 7) is 4.77. The minimum atomic E-state index is 0. The van der Waals surface area contributed by atoms with Crippen LogP contribution < -0.4 is 5.32 Å². The summed E-state index contributed by atoms with van der Waals surface area (Å²) in [5.41, 5.74) is 0. The fourth-order valence-electron chi connectivity index (χ4n) is 3.59. The van der Waals surface area contributed by atoms with E-state index in [1.165, 1.54) is 38.5 Å². The highest BCUT2D eigenvalue weighted by atomic mass is 35.5. The van der Waals surface area contributed by atoms with Crippen molar-refractivity contribution in [3.05, 3.63) is 0 Å². The lowest BCUT2D eigenvalue weighted by Gasteiger charge is -2.30. The first-order chi connectivity index (χ1) is 8.81. The molecule has 2 atom stereocenters. The third-order valence-corrected chi connectivity index (χ3v) is 4.68. The monoisotopic (exact) mass is 287 g/mol. The van der Waals surface area contributed by atoms with Crippen molar-refractivity contribution in [2.45, 2.75) is 50.6 Å². The maximum absolute atomic E-state index is 12.2. The number of piperidine rings is 1. The Labute approximate surface area is 122 Å². The molecular weight excluding hydrogens is 262 g/mol. The summed E-state index contributed by atoms with van der Waals surface area (Å²) in [5.74, 6) is 0.354. The smallest absolute Gasteiger partial charge is 0.236 e. The molecule has 0 radical (unpaired) electrons. The summed E-state index contributed by atoms with van der Waals surface area (Å²) < 4.78 is 0. The van der Waals surface area contributed by atoms with Gasteiger partial charge in [0.15, 0.2) is 0 Å². The lowest BCUT2D eigenvalue weighted by molar-refractivity contribution is -0.133. The van der Waals surface area contributed by atoms with Gasteiger partial charge in [-0.25, -0.2) is 0 Å². The summed E-state index contributed by atoms with van der Waals surface area (Å²) in [6.07, 6.45) is 7.51. The standard InChI is InChI=1S/C14H25N3O.ClH/c18-14(17-7-2-1-3-8-17)11-16-9-6-12-4-5-13(10-16)15-12;/h12-13,15H,1-11H2;1H. The molecule has 0 saturated carbocycles. The molecule has 0 spiro atoms. The minimum Gasteiger partial charge on any atom is -0.342 e. The second-order valence-corrected chi connectivity index (χ2v) is 6.10. The third-order valence-electron chi connectivity index (χ3n) is 4.68. The van der Waals surface area contributed by atoms with Crippen molar-refractivity contribution in [2.24, 2.45) is 0 Å². The first-order valence-corrected chi connectivity index (χ1v) is 7.57. The Bertz CT molecular complexity index is 307. The van der Waals surface area contributed by atoms with Crippen LogP contribution in [0, 0.1) is 0 Å². The van der Waals surface area contributed by atoms with Crippen molar-refractivity contribution >= 4 is 18.3 Å². The van der Waals surface area contributed by atoms with Gasteiger partial charge in [-0.05, 0) is 38.5 Å². The van der Waals surface area contributed by atoms with E-state index in [1.54, 1.807) is 0 Å². The van der Waals surface area contributed by atoms with Gasteiger partial charge >= 0.3 is 0 Å². The van der Waals surface area contributed by atoms with Gasteiger partial charge in [0.25, 0.3) is 0 Å². The van der Waals surface area contributed by atoms with E-state index < -0.39 is 0 Å². The minimum absolute atomic E-state index is 0. The third kappa shape index (κ3) is 3.83. The molecule has 3 rings (SSSR count). The highest BCUT2D eigenvalue weighted by Crippen LogP contribution is 2.20. The van der Waals surface area contributed by atoms with Gasteiger partial charge in [0, 0.05) is 38.3 Å². The quantitative estimate of drug-likeness (QED) is 0.830. The van der Waals surface area contributed by atoms with Crippen LogP contribution in [0.5, 0.6) is 0 Å². The van der Waals surface area contributed by atoms with Gasteiger partial charge < -0.3 is 10.2 Å². The zero-order valence-electron chi connectivity index (χ0n) is 11.6. The number of carbonyl (C=O) groups excluding carboxylic acids is 1. The molecular formula is C14H26ClN3O. The number of halogens is 1. The second-order valence-electron chi connectivity index (χ2n) is 6.10. The van der Waals surface area contributed by atoms with Crippen molar-refractivity contribution < 1.29 is 4.79 Å². The highest BCUT2D eigenvalue weighted by Gasteiger charge is 2.30. The largest absolute Gasteiger partial charge is 0.342 e. The first kappa shape index (κ1) is 15.1. The van der Waals surface area contributed by atoms with Crippen LogP contribution in [0.15, 0.2) is 0 Å². The molecule has 3 saturated heterocycles. The zero-order valence-corrected chi connectivity index (χ0v) is 12.5. The van der Waals surface area contributed by atoms with Crippen LogP contribution in [0.2, 0.25) is 0 Å². The van der Waals surface area contributed by atoms with Crippen LogP contribution >= 0.6 is 12.4 Å². The number of nitrogens with zero attached hydrogens (tertiary/aromatic N) is 2. The van der Waals surface area contributed by atoms with Crippen molar-refractivity contribution in [3.63, 3.8) is 0 Å². The van der Waals surface area contributed by atoms with E-state index >= 15 is 0 Å². The number of likely N-dealkylation sites (tertiary alicyclic amines) is 2. The Morgan fingerprint density at radius 2 is 1.74 bits per heavy atom. The number of carbonyl (C=O) groups is 1. The van der Waals surface area contributed by atoms with E-state index in [1.807, 2.05) is 0 Å². The van der Waals surface area contributed by atoms with Crippen LogP contribution in [-0.2, 0) is 4.79 Å². The second kappa shape index (κ2) is 6.91. The number of rotatable bonds is 2. The maximum atomic E-state index is 12.2. The summed E-state index contributed by atoms with van der Waals surface area (Å²) in [5, 5.41) is 3.67. The van der Waals surface area contributed by atoms with Crippen LogP contribution in [0.3, 0.4) is 0 Å². The molecule has 2 unspecified atom stereocenters. The topological polar surface area (TPSA) is 35.6 Å². The molecule has 3 aliphatic rings. The SMILES string of the molecule is Cl.O=C(CN1CCC2CCC(C1)N2)N1CCCCC1. The summed E-state index contributed by atoms with van der Waals surface area (Å²) >= 11 is 0. The Hall–Kier alpha value is -0.320. The molecule has 110 valence electrons. The Morgan fingerprint density at radius 3 is 2.53 bits per heavy atom. The van der Waals surface area contributed by atoms with Crippen molar-refractivity contribution in [1.29, 1.82) is 0 Å². The molecule has 0 aromatic rings. The fraction of sp³-hybridized carbons (Fsp3) is 0.929. The van der Waals surface area contributed by atoms with E-state index in [4.69, 9.17) is 0 Å². The number of fused-ring (bicyclic) bond motifs is 2. The van der Waals surface area contributed by atoms with E-state index in [-0.39, 0.29) is 12.4 Å². The van der Waals surface area contributed by atoms with Gasteiger partial charge in [-0.3, -0.25) is 9.69 Å². The van der Waals surface area contributed by atoms with Gasteiger partial charge in [0.2, 0.25) is 5.91 Å². The zero-order chi connectivity index (χ0) is 12.4. The lowest BCUT2D eigenvalue weighted by atomic mass is 10.1.